The maximum atomic E-state index is 12.4. The lowest BCUT2D eigenvalue weighted by molar-refractivity contribution is 0.324. The van der Waals surface area contributed by atoms with E-state index in [2.05, 4.69) is 0 Å². The first-order valence-electron chi connectivity index (χ1n) is 7.29. The smallest absolute Gasteiger partial charge is 0.235 e. The molecule has 7 nitrogen and oxygen atoms in total. The molecule has 1 heterocycles. The first-order valence-corrected chi connectivity index (χ1v) is 7.29. The number of ether oxygens (including phenoxy) is 3. The second kappa shape index (κ2) is 6.27. The molecule has 0 saturated carbocycles. The number of aromatic hydroxyl groups is 2. The van der Waals surface area contributed by atoms with E-state index in [1.165, 1.54) is 39.5 Å². The Balaban J connectivity index is 2.33. The van der Waals surface area contributed by atoms with Crippen LogP contribution in [0.2, 0.25) is 0 Å². The van der Waals surface area contributed by atoms with Crippen LogP contribution in [0, 0.1) is 0 Å². The fourth-order valence-electron chi connectivity index (χ4n) is 2.58. The summed E-state index contributed by atoms with van der Waals surface area (Å²) in [5.41, 5.74) is -0.106. The number of fused-ring (bicyclic) bond motifs is 1. The van der Waals surface area contributed by atoms with Crippen molar-refractivity contribution in [2.75, 3.05) is 21.3 Å². The lowest BCUT2D eigenvalue weighted by Gasteiger charge is -2.14. The lowest BCUT2D eigenvalue weighted by Crippen LogP contribution is -2.03. The molecule has 0 radical (unpaired) electrons. The summed E-state index contributed by atoms with van der Waals surface area (Å²) in [7, 11) is 4.38. The normalized spacial score (nSPS) is 10.7. The summed E-state index contributed by atoms with van der Waals surface area (Å²) in [6, 6.07) is 7.13. The molecule has 0 aliphatic rings. The summed E-state index contributed by atoms with van der Waals surface area (Å²) in [5.74, 6) is 0.380. The van der Waals surface area contributed by atoms with Gasteiger partial charge in [0, 0.05) is 11.6 Å². The Labute approximate surface area is 142 Å². The van der Waals surface area contributed by atoms with Crippen molar-refractivity contribution >= 4 is 11.0 Å². The van der Waals surface area contributed by atoms with Crippen LogP contribution in [0.5, 0.6) is 28.7 Å². The van der Waals surface area contributed by atoms with Gasteiger partial charge < -0.3 is 28.8 Å². The molecular formula is C18H16O7. The Kier molecular flexibility index (Phi) is 4.14. The zero-order valence-electron chi connectivity index (χ0n) is 13.8. The third-order valence-electron chi connectivity index (χ3n) is 3.78. The molecule has 0 saturated heterocycles. The van der Waals surface area contributed by atoms with Crippen LogP contribution < -0.4 is 19.6 Å². The Hall–Kier alpha value is -3.35. The molecule has 7 heteroatoms. The maximum absolute atomic E-state index is 12.4. The molecule has 2 N–H and O–H groups in total. The Morgan fingerprint density at radius 1 is 0.920 bits per heavy atom. The molecule has 0 unspecified atom stereocenters. The predicted molar refractivity (Wildman–Crippen MR) is 90.9 cm³/mol. The molecule has 0 fully saturated rings. The van der Waals surface area contributed by atoms with E-state index in [0.29, 0.717) is 22.8 Å². The molecule has 3 rings (SSSR count). The van der Waals surface area contributed by atoms with E-state index in [0.717, 1.165) is 0 Å². The molecule has 0 spiro atoms. The monoisotopic (exact) mass is 344 g/mol. The van der Waals surface area contributed by atoms with Crippen molar-refractivity contribution in [3.63, 3.8) is 0 Å². The molecule has 0 amide bonds. The molecule has 130 valence electrons. The van der Waals surface area contributed by atoms with Crippen LogP contribution in [0.4, 0.5) is 0 Å². The largest absolute Gasteiger partial charge is 0.508 e. The molecular weight excluding hydrogens is 328 g/mol. The number of benzene rings is 2. The minimum atomic E-state index is -0.606. The van der Waals surface area contributed by atoms with Crippen molar-refractivity contribution in [1.29, 1.82) is 0 Å². The minimum Gasteiger partial charge on any atom is -0.508 e. The van der Waals surface area contributed by atoms with Gasteiger partial charge in [0.25, 0.3) is 0 Å². The fourth-order valence-corrected chi connectivity index (χ4v) is 2.58. The van der Waals surface area contributed by atoms with Crippen LogP contribution in [0.15, 0.2) is 39.5 Å². The average Bonchev–Trinajstić information content (AvgIpc) is 2.63. The van der Waals surface area contributed by atoms with E-state index in [4.69, 9.17) is 18.6 Å². The van der Waals surface area contributed by atoms with Crippen molar-refractivity contribution < 1.29 is 28.8 Å². The van der Waals surface area contributed by atoms with Crippen LogP contribution >= 0.6 is 0 Å². The van der Waals surface area contributed by atoms with Crippen LogP contribution in [-0.2, 0) is 0 Å². The van der Waals surface area contributed by atoms with Gasteiger partial charge in [-0.25, -0.2) is 0 Å². The van der Waals surface area contributed by atoms with Crippen molar-refractivity contribution in [2.45, 2.75) is 0 Å². The van der Waals surface area contributed by atoms with Crippen molar-refractivity contribution in [3.8, 4) is 40.1 Å². The van der Waals surface area contributed by atoms with E-state index >= 15 is 0 Å². The van der Waals surface area contributed by atoms with E-state index in [-0.39, 0.29) is 22.5 Å². The SMILES string of the molecule is COc1cc(-c2oc3cc(O)ccc3c(=O)c2O)cc(OC)c1OC. The van der Waals surface area contributed by atoms with Gasteiger partial charge in [-0.2, -0.15) is 0 Å². The van der Waals surface area contributed by atoms with E-state index < -0.39 is 11.2 Å². The molecule has 3 aromatic rings. The number of hydrogen-bond acceptors (Lipinski definition) is 7. The van der Waals surface area contributed by atoms with Gasteiger partial charge in [-0.1, -0.05) is 0 Å². The minimum absolute atomic E-state index is 0.0582. The summed E-state index contributed by atoms with van der Waals surface area (Å²) in [4.78, 5) is 12.4. The van der Waals surface area contributed by atoms with E-state index in [1.807, 2.05) is 0 Å². The summed E-state index contributed by atoms with van der Waals surface area (Å²) in [5, 5.41) is 20.1. The average molecular weight is 344 g/mol. The Morgan fingerprint density at radius 3 is 2.12 bits per heavy atom. The molecule has 0 aliphatic carbocycles. The summed E-state index contributed by atoms with van der Waals surface area (Å²) >= 11 is 0. The second-order valence-electron chi connectivity index (χ2n) is 5.20. The predicted octanol–water partition coefficient (Wildman–Crippen LogP) is 2.90. The van der Waals surface area contributed by atoms with Crippen LogP contribution in [0.1, 0.15) is 0 Å². The second-order valence-corrected chi connectivity index (χ2v) is 5.20. The van der Waals surface area contributed by atoms with Crippen molar-refractivity contribution in [2.24, 2.45) is 0 Å². The quantitative estimate of drug-likeness (QED) is 0.751. The molecule has 2 aromatic carbocycles. The molecule has 25 heavy (non-hydrogen) atoms. The van der Waals surface area contributed by atoms with E-state index in [1.54, 1.807) is 12.1 Å². The van der Waals surface area contributed by atoms with Gasteiger partial charge in [-0.15, -0.1) is 0 Å². The number of methoxy groups -OCH3 is 3. The van der Waals surface area contributed by atoms with Crippen LogP contribution in [0.25, 0.3) is 22.3 Å². The first kappa shape index (κ1) is 16.5. The molecule has 0 bridgehead atoms. The third-order valence-corrected chi connectivity index (χ3v) is 3.78. The number of phenols is 1. The van der Waals surface area contributed by atoms with Crippen LogP contribution in [-0.4, -0.2) is 31.5 Å². The van der Waals surface area contributed by atoms with Crippen molar-refractivity contribution in [3.05, 3.63) is 40.6 Å². The highest BCUT2D eigenvalue weighted by molar-refractivity contribution is 5.83. The molecule has 1 aromatic heterocycles. The van der Waals surface area contributed by atoms with Gasteiger partial charge in [0.1, 0.15) is 11.3 Å². The summed E-state index contributed by atoms with van der Waals surface area (Å²) < 4.78 is 21.4. The van der Waals surface area contributed by atoms with Crippen molar-refractivity contribution in [1.82, 2.24) is 0 Å². The lowest BCUT2D eigenvalue weighted by atomic mass is 10.1. The zero-order chi connectivity index (χ0) is 18.1. The third kappa shape index (κ3) is 2.69. The summed E-state index contributed by atoms with van der Waals surface area (Å²) in [6.45, 7) is 0. The topological polar surface area (TPSA) is 98.4 Å². The number of hydrogen-bond donors (Lipinski definition) is 2. The Bertz CT molecular complexity index is 979. The summed E-state index contributed by atoms with van der Waals surface area (Å²) in [6.07, 6.45) is 0. The zero-order valence-corrected chi connectivity index (χ0v) is 13.8. The van der Waals surface area contributed by atoms with Gasteiger partial charge in [-0.05, 0) is 24.3 Å². The van der Waals surface area contributed by atoms with E-state index in [9.17, 15) is 15.0 Å². The molecule has 0 atom stereocenters. The van der Waals surface area contributed by atoms with Crippen LogP contribution in [0.3, 0.4) is 0 Å². The fraction of sp³-hybridized carbons (Fsp3) is 0.167. The highest BCUT2D eigenvalue weighted by Gasteiger charge is 2.20. The van der Waals surface area contributed by atoms with Gasteiger partial charge in [0.15, 0.2) is 17.3 Å². The number of phenolic OH excluding ortho intramolecular Hbond substituents is 1. The van der Waals surface area contributed by atoms with Gasteiger partial charge in [0.05, 0.1) is 26.7 Å². The highest BCUT2D eigenvalue weighted by atomic mass is 16.5. The maximum Gasteiger partial charge on any atom is 0.235 e. The van der Waals surface area contributed by atoms with Gasteiger partial charge in [-0.3, -0.25) is 4.79 Å². The highest BCUT2D eigenvalue weighted by Crippen LogP contribution is 2.43. The van der Waals surface area contributed by atoms with Gasteiger partial charge in [0.2, 0.25) is 16.9 Å². The first-order chi connectivity index (χ1) is 12.0. The Morgan fingerprint density at radius 2 is 1.56 bits per heavy atom. The molecule has 0 aliphatic heterocycles. The van der Waals surface area contributed by atoms with Gasteiger partial charge >= 0.3 is 0 Å². The standard InChI is InChI=1S/C18H16O7/c1-22-13-6-9(7-14(23-2)18(13)24-3)17-16(21)15(20)11-5-4-10(19)8-12(11)25-17/h4-8,19,21H,1-3H3. The number of rotatable bonds is 4.